The molecule has 2 aliphatic rings. The van der Waals surface area contributed by atoms with Crippen molar-refractivity contribution in [2.75, 3.05) is 45.9 Å². The summed E-state index contributed by atoms with van der Waals surface area (Å²) in [6.45, 7) is 2.38. The van der Waals surface area contributed by atoms with Crippen LogP contribution in [0.5, 0.6) is 5.75 Å². The van der Waals surface area contributed by atoms with Crippen LogP contribution in [0.2, 0.25) is 0 Å². The number of thiophene rings is 1. The molecule has 1 atom stereocenters. The Morgan fingerprint density at radius 1 is 0.915 bits per heavy atom. The van der Waals surface area contributed by atoms with Crippen LogP contribution in [0, 0.1) is 5.82 Å². The van der Waals surface area contributed by atoms with Crippen LogP contribution in [0.3, 0.4) is 0 Å². The summed E-state index contributed by atoms with van der Waals surface area (Å²) in [5.74, 6) is -6.37. The maximum Gasteiger partial charge on any atom is 0.491 e. The van der Waals surface area contributed by atoms with Crippen LogP contribution >= 0.6 is 22.7 Å². The lowest BCUT2D eigenvalue weighted by atomic mass is 9.89. The minimum Gasteiger partial charge on any atom is -0.449 e. The molecular formula is C39H35F7N4O7S2. The first kappa shape index (κ1) is 42.2. The average molecular weight is 869 g/mol. The van der Waals surface area contributed by atoms with Gasteiger partial charge >= 0.3 is 29.2 Å². The molecule has 0 radical (unpaired) electrons. The van der Waals surface area contributed by atoms with Gasteiger partial charge in [0.2, 0.25) is 0 Å². The first-order chi connectivity index (χ1) is 28.0. The van der Waals surface area contributed by atoms with Gasteiger partial charge in [-0.05, 0) is 61.0 Å². The van der Waals surface area contributed by atoms with E-state index in [1.54, 1.807) is 18.2 Å². The van der Waals surface area contributed by atoms with Crippen LogP contribution in [0.25, 0.3) is 20.3 Å². The highest BCUT2D eigenvalue weighted by Crippen LogP contribution is 2.37. The molecule has 0 aliphatic carbocycles. The monoisotopic (exact) mass is 868 g/mol. The number of halogens is 7. The first-order valence-electron chi connectivity index (χ1n) is 18.3. The van der Waals surface area contributed by atoms with Gasteiger partial charge in [-0.15, -0.1) is 11.3 Å². The third kappa shape index (κ3) is 9.62. The number of amides is 1. The molecule has 1 spiro atoms. The Bertz CT molecular complexity index is 2390. The minimum absolute atomic E-state index is 0.00543. The van der Waals surface area contributed by atoms with Gasteiger partial charge in [0.25, 0.3) is 5.91 Å². The molecule has 2 saturated heterocycles. The smallest absolute Gasteiger partial charge is 0.449 e. The fraction of sp³-hybridized carbons (Fsp3) is 0.385. The topological polar surface area (TPSA) is 130 Å². The molecular weight excluding hydrogens is 834 g/mol. The van der Waals surface area contributed by atoms with Crippen molar-refractivity contribution in [2.45, 2.75) is 49.9 Å². The summed E-state index contributed by atoms with van der Waals surface area (Å²) in [5.41, 5.74) is -0.382. The van der Waals surface area contributed by atoms with E-state index in [-0.39, 0.29) is 29.1 Å². The van der Waals surface area contributed by atoms with Crippen LogP contribution in [0.1, 0.15) is 45.3 Å². The summed E-state index contributed by atoms with van der Waals surface area (Å²) in [5, 5.41) is 3.86. The molecule has 2 N–H and O–H groups in total. The molecule has 5 aromatic rings. The standard InChI is InChI=1S/C39H35F7N4O7S2/c40-30-22(10-13-47-19-27(57-35(53)39(44,45)46)25-8-9-26(56-34(52)38(41,42)43)31-32(25)59-36(54)48-31)5-3-6-24(30)20-49-14-11-37(12-15-49)21-50(16-17-55-37)33(51)29-18-23-4-1-2-7-28(23)58-29/h1-9,18,27,47H,10-17,19-21H2,(H,48,54)/t27-/m0/s1. The van der Waals surface area contributed by atoms with Crippen molar-refractivity contribution in [3.05, 3.63) is 97.7 Å². The van der Waals surface area contributed by atoms with Crippen LogP contribution in [-0.2, 0) is 32.0 Å². The van der Waals surface area contributed by atoms with E-state index in [0.29, 0.717) is 79.5 Å². The minimum atomic E-state index is -5.41. The number of H-pyrrole nitrogens is 1. The van der Waals surface area contributed by atoms with Gasteiger partial charge in [-0.1, -0.05) is 47.7 Å². The second-order valence-corrected chi connectivity index (χ2v) is 16.2. The number of morpholine rings is 1. The number of piperidine rings is 1. The Kier molecular flexibility index (Phi) is 12.2. The second-order valence-electron chi connectivity index (χ2n) is 14.2. The van der Waals surface area contributed by atoms with E-state index in [1.807, 2.05) is 35.2 Å². The van der Waals surface area contributed by atoms with E-state index in [2.05, 4.69) is 19.9 Å². The number of aromatic nitrogens is 1. The summed E-state index contributed by atoms with van der Waals surface area (Å²) in [4.78, 5) is 55.0. The molecule has 7 rings (SSSR count). The van der Waals surface area contributed by atoms with Crippen molar-refractivity contribution >= 4 is 60.8 Å². The number of fused-ring (bicyclic) bond motifs is 2. The molecule has 314 valence electrons. The largest absolute Gasteiger partial charge is 0.491 e. The molecule has 2 fully saturated rings. The molecule has 2 aromatic heterocycles. The number of thiazole rings is 1. The molecule has 0 bridgehead atoms. The van der Waals surface area contributed by atoms with E-state index >= 15 is 4.39 Å². The quantitative estimate of drug-likeness (QED) is 0.0631. The molecule has 0 saturated carbocycles. The predicted molar refractivity (Wildman–Crippen MR) is 203 cm³/mol. The van der Waals surface area contributed by atoms with Gasteiger partial charge in [-0.25, -0.2) is 14.0 Å². The zero-order chi connectivity index (χ0) is 42.1. The fourth-order valence-corrected chi connectivity index (χ4v) is 9.20. The maximum atomic E-state index is 15.8. The van der Waals surface area contributed by atoms with Crippen molar-refractivity contribution in [2.24, 2.45) is 0 Å². The summed E-state index contributed by atoms with van der Waals surface area (Å²) in [6, 6.07) is 16.5. The summed E-state index contributed by atoms with van der Waals surface area (Å²) in [6.07, 6.45) is -11.2. The number of rotatable bonds is 11. The number of hydrogen-bond acceptors (Lipinski definition) is 11. The highest BCUT2D eigenvalue weighted by Gasteiger charge is 2.44. The normalized spacial score (nSPS) is 16.8. The van der Waals surface area contributed by atoms with E-state index in [4.69, 9.17) is 9.47 Å². The highest BCUT2D eigenvalue weighted by molar-refractivity contribution is 7.20. The van der Waals surface area contributed by atoms with Gasteiger partial charge < -0.3 is 29.4 Å². The molecule has 59 heavy (non-hydrogen) atoms. The summed E-state index contributed by atoms with van der Waals surface area (Å²) >= 11 is 1.86. The lowest BCUT2D eigenvalue weighted by Gasteiger charge is -2.47. The van der Waals surface area contributed by atoms with Crippen LogP contribution in [0.4, 0.5) is 30.7 Å². The average Bonchev–Trinajstić information content (AvgIpc) is 3.81. The Morgan fingerprint density at radius 2 is 1.64 bits per heavy atom. The zero-order valence-electron chi connectivity index (χ0n) is 30.8. The van der Waals surface area contributed by atoms with Crippen LogP contribution in [0.15, 0.2) is 65.5 Å². The lowest BCUT2D eigenvalue weighted by molar-refractivity contribution is -0.205. The van der Waals surface area contributed by atoms with Crippen molar-refractivity contribution in [3.63, 3.8) is 0 Å². The Labute approximate surface area is 338 Å². The molecule has 11 nitrogen and oxygen atoms in total. The highest BCUT2D eigenvalue weighted by atomic mass is 32.1. The number of hydrogen-bond donors (Lipinski definition) is 2. The summed E-state index contributed by atoms with van der Waals surface area (Å²) < 4.78 is 110. The maximum absolute atomic E-state index is 15.8. The number of benzene rings is 3. The van der Waals surface area contributed by atoms with E-state index in [1.165, 1.54) is 11.3 Å². The molecule has 0 unspecified atom stereocenters. The summed E-state index contributed by atoms with van der Waals surface area (Å²) in [7, 11) is 0. The number of nitrogens with one attached hydrogen (secondary N) is 2. The van der Waals surface area contributed by atoms with Crippen molar-refractivity contribution in [1.29, 1.82) is 0 Å². The molecule has 2 aliphatic heterocycles. The molecule has 20 heteroatoms. The van der Waals surface area contributed by atoms with Gasteiger partial charge in [0.1, 0.15) is 17.4 Å². The Balaban J connectivity index is 0.964. The van der Waals surface area contributed by atoms with Gasteiger partial charge in [0.15, 0.2) is 5.75 Å². The number of ether oxygens (including phenoxy) is 3. The Morgan fingerprint density at radius 3 is 2.37 bits per heavy atom. The van der Waals surface area contributed by atoms with Crippen molar-refractivity contribution in [3.8, 4) is 5.75 Å². The van der Waals surface area contributed by atoms with Gasteiger partial charge in [-0.2, -0.15) is 26.3 Å². The Hall–Kier alpha value is -4.89. The number of likely N-dealkylation sites (tertiary alicyclic amines) is 1. The number of alkyl halides is 6. The van der Waals surface area contributed by atoms with E-state index < -0.39 is 64.5 Å². The zero-order valence-corrected chi connectivity index (χ0v) is 32.5. The molecule has 4 heterocycles. The number of esters is 2. The number of nitrogens with zero attached hydrogens (tertiary/aromatic N) is 2. The molecule has 3 aromatic carbocycles. The third-order valence-electron chi connectivity index (χ3n) is 10.2. The SMILES string of the molecule is O=C(c1cc2ccccc2s1)N1CCOC2(CCN(Cc3cccc(CCNC[C@H](OC(=O)C(F)(F)F)c4ccc(OC(=O)C(F)(F)F)c5[nH]c(=O)sc45)c3F)CC2)C1. The van der Waals surface area contributed by atoms with Crippen molar-refractivity contribution in [1.82, 2.24) is 20.1 Å². The lowest BCUT2D eigenvalue weighted by Crippen LogP contribution is -2.57. The number of carbonyl (C=O) groups is 3. The second kappa shape index (κ2) is 17.0. The van der Waals surface area contributed by atoms with Crippen LogP contribution < -0.4 is 14.9 Å². The number of carbonyl (C=O) groups excluding carboxylic acids is 3. The van der Waals surface area contributed by atoms with Gasteiger partial charge in [-0.3, -0.25) is 14.5 Å². The first-order valence-corrected chi connectivity index (χ1v) is 20.0. The predicted octanol–water partition coefficient (Wildman–Crippen LogP) is 6.90. The number of aromatic amines is 1. The van der Waals surface area contributed by atoms with Gasteiger partial charge in [0, 0.05) is 48.6 Å². The molecule has 1 amide bonds. The van der Waals surface area contributed by atoms with Crippen LogP contribution in [-0.4, -0.2) is 96.5 Å². The van der Waals surface area contributed by atoms with E-state index in [0.717, 1.165) is 22.2 Å². The van der Waals surface area contributed by atoms with Gasteiger partial charge in [0.05, 0.1) is 28.3 Å². The third-order valence-corrected chi connectivity index (χ3v) is 12.3. The fourth-order valence-electron chi connectivity index (χ4n) is 7.26. The van der Waals surface area contributed by atoms with Crippen molar-refractivity contribution < 1.29 is 59.3 Å². The van der Waals surface area contributed by atoms with E-state index in [9.17, 15) is 45.5 Å².